The molecule has 0 radical (unpaired) electrons. The summed E-state index contributed by atoms with van der Waals surface area (Å²) in [7, 11) is 1.56. The van der Waals surface area contributed by atoms with Crippen molar-refractivity contribution in [1.82, 2.24) is 15.3 Å². The smallest absolute Gasteiger partial charge is 0.337 e. The van der Waals surface area contributed by atoms with Gasteiger partial charge >= 0.3 is 5.97 Å². The van der Waals surface area contributed by atoms with E-state index in [1.807, 2.05) is 65.7 Å². The Morgan fingerprint density at radius 3 is 2.24 bits per heavy atom. The molecule has 188 valence electrons. The number of nitrogens with zero attached hydrogens (tertiary/aromatic N) is 2. The first-order valence-corrected chi connectivity index (χ1v) is 12.1. The summed E-state index contributed by atoms with van der Waals surface area (Å²) in [4.78, 5) is 40.1. The SMILES string of the molecule is CCOC(=O)C1=CN2C(=O)[C@H](NC(=O)c3ccccc3)[C@@H](c3ccccc3)N2[C@H]1c1ccccc1OC. The Labute approximate surface area is 215 Å². The van der Waals surface area contributed by atoms with Gasteiger partial charge in [-0.2, -0.15) is 5.01 Å². The number of carbonyl (C=O) groups excluding carboxylic acids is 3. The first kappa shape index (κ1) is 24.3. The highest BCUT2D eigenvalue weighted by Gasteiger charge is 2.56. The first-order valence-electron chi connectivity index (χ1n) is 12.1. The van der Waals surface area contributed by atoms with Crippen molar-refractivity contribution in [1.29, 1.82) is 0 Å². The highest BCUT2D eigenvalue weighted by Crippen LogP contribution is 2.49. The van der Waals surface area contributed by atoms with Crippen LogP contribution in [0.15, 0.2) is 96.7 Å². The van der Waals surface area contributed by atoms with Crippen LogP contribution in [-0.2, 0) is 14.3 Å². The minimum Gasteiger partial charge on any atom is -0.496 e. The summed E-state index contributed by atoms with van der Waals surface area (Å²) in [6.07, 6.45) is 1.52. The van der Waals surface area contributed by atoms with Gasteiger partial charge in [0.1, 0.15) is 11.8 Å². The van der Waals surface area contributed by atoms with Gasteiger partial charge in [0.15, 0.2) is 0 Å². The maximum atomic E-state index is 13.8. The minimum absolute atomic E-state index is 0.195. The van der Waals surface area contributed by atoms with Crippen LogP contribution in [0.2, 0.25) is 0 Å². The number of para-hydroxylation sites is 1. The molecule has 37 heavy (non-hydrogen) atoms. The molecule has 0 unspecified atom stereocenters. The number of hydrogen-bond donors (Lipinski definition) is 1. The summed E-state index contributed by atoms with van der Waals surface area (Å²) < 4.78 is 11.0. The normalized spacial score (nSPS) is 20.8. The average molecular weight is 498 g/mol. The fourth-order valence-electron chi connectivity index (χ4n) is 4.97. The predicted octanol–water partition coefficient (Wildman–Crippen LogP) is 3.80. The first-order chi connectivity index (χ1) is 18.0. The van der Waals surface area contributed by atoms with Gasteiger partial charge in [-0.25, -0.2) is 9.80 Å². The topological polar surface area (TPSA) is 88.2 Å². The summed E-state index contributed by atoms with van der Waals surface area (Å²) in [6, 6.07) is 23.4. The quantitative estimate of drug-likeness (QED) is 0.500. The zero-order chi connectivity index (χ0) is 25.9. The lowest BCUT2D eigenvalue weighted by Crippen LogP contribution is -2.43. The lowest BCUT2D eigenvalue weighted by Gasteiger charge is -2.33. The molecule has 5 rings (SSSR count). The van der Waals surface area contributed by atoms with Crippen molar-refractivity contribution in [2.75, 3.05) is 13.7 Å². The Morgan fingerprint density at radius 2 is 1.57 bits per heavy atom. The third kappa shape index (κ3) is 4.36. The van der Waals surface area contributed by atoms with E-state index in [1.165, 1.54) is 11.2 Å². The molecule has 0 aliphatic carbocycles. The van der Waals surface area contributed by atoms with E-state index in [-0.39, 0.29) is 18.4 Å². The second-order valence-electron chi connectivity index (χ2n) is 8.68. The molecular formula is C29H27N3O5. The molecule has 2 heterocycles. The molecule has 0 spiro atoms. The van der Waals surface area contributed by atoms with Crippen LogP contribution < -0.4 is 10.1 Å². The summed E-state index contributed by atoms with van der Waals surface area (Å²) >= 11 is 0. The number of rotatable bonds is 7. The molecule has 3 atom stereocenters. The van der Waals surface area contributed by atoms with E-state index < -0.39 is 24.1 Å². The maximum Gasteiger partial charge on any atom is 0.337 e. The van der Waals surface area contributed by atoms with Gasteiger partial charge in [0, 0.05) is 17.3 Å². The monoisotopic (exact) mass is 497 g/mol. The van der Waals surface area contributed by atoms with Crippen molar-refractivity contribution in [3.8, 4) is 5.75 Å². The largest absolute Gasteiger partial charge is 0.496 e. The average Bonchev–Trinajstić information content (AvgIpc) is 3.45. The second-order valence-corrected chi connectivity index (χ2v) is 8.68. The number of esters is 1. The van der Waals surface area contributed by atoms with Crippen LogP contribution in [0.1, 0.15) is 40.5 Å². The molecule has 3 aromatic rings. The van der Waals surface area contributed by atoms with E-state index in [0.717, 1.165) is 5.56 Å². The van der Waals surface area contributed by atoms with Gasteiger partial charge in [-0.05, 0) is 30.7 Å². The molecule has 0 saturated carbocycles. The van der Waals surface area contributed by atoms with Crippen LogP contribution >= 0.6 is 0 Å². The molecule has 2 amide bonds. The molecule has 2 aliphatic rings. The molecule has 1 saturated heterocycles. The van der Waals surface area contributed by atoms with Crippen LogP contribution in [0.25, 0.3) is 0 Å². The van der Waals surface area contributed by atoms with Crippen molar-refractivity contribution in [3.63, 3.8) is 0 Å². The Bertz CT molecular complexity index is 1340. The number of methoxy groups -OCH3 is 1. The molecule has 0 aromatic heterocycles. The molecular weight excluding hydrogens is 470 g/mol. The van der Waals surface area contributed by atoms with Crippen molar-refractivity contribution in [2.45, 2.75) is 25.0 Å². The lowest BCUT2D eigenvalue weighted by atomic mass is 9.93. The van der Waals surface area contributed by atoms with Gasteiger partial charge in [-0.3, -0.25) is 9.59 Å². The van der Waals surface area contributed by atoms with Crippen LogP contribution in [0.5, 0.6) is 5.75 Å². The highest BCUT2D eigenvalue weighted by atomic mass is 16.5. The van der Waals surface area contributed by atoms with Gasteiger partial charge in [0.05, 0.1) is 31.4 Å². The Balaban J connectivity index is 1.63. The fourth-order valence-corrected chi connectivity index (χ4v) is 4.97. The molecule has 8 nitrogen and oxygen atoms in total. The van der Waals surface area contributed by atoms with Crippen molar-refractivity contribution in [3.05, 3.63) is 113 Å². The molecule has 1 N–H and O–H groups in total. The number of fused-ring (bicyclic) bond motifs is 1. The van der Waals surface area contributed by atoms with E-state index in [1.54, 1.807) is 38.3 Å². The molecule has 3 aromatic carbocycles. The third-order valence-corrected chi connectivity index (χ3v) is 6.57. The minimum atomic E-state index is -0.896. The zero-order valence-corrected chi connectivity index (χ0v) is 20.5. The van der Waals surface area contributed by atoms with Crippen LogP contribution in [0.4, 0.5) is 0 Å². The highest BCUT2D eigenvalue weighted by molar-refractivity contribution is 6.00. The number of amides is 2. The number of hydrazine groups is 1. The lowest BCUT2D eigenvalue weighted by molar-refractivity contribution is -0.140. The number of hydrogen-bond acceptors (Lipinski definition) is 6. The van der Waals surface area contributed by atoms with Gasteiger partial charge < -0.3 is 14.8 Å². The summed E-state index contributed by atoms with van der Waals surface area (Å²) in [5.41, 5.74) is 2.28. The van der Waals surface area contributed by atoms with Gasteiger partial charge in [0.25, 0.3) is 11.8 Å². The Morgan fingerprint density at radius 1 is 0.919 bits per heavy atom. The second kappa shape index (κ2) is 10.3. The van der Waals surface area contributed by atoms with Crippen molar-refractivity contribution in [2.24, 2.45) is 0 Å². The number of nitrogens with one attached hydrogen (secondary N) is 1. The third-order valence-electron chi connectivity index (χ3n) is 6.57. The van der Waals surface area contributed by atoms with E-state index in [2.05, 4.69) is 5.32 Å². The van der Waals surface area contributed by atoms with E-state index in [4.69, 9.17) is 9.47 Å². The van der Waals surface area contributed by atoms with Crippen molar-refractivity contribution >= 4 is 17.8 Å². The number of carbonyl (C=O) groups is 3. The Kier molecular flexibility index (Phi) is 6.74. The van der Waals surface area contributed by atoms with Gasteiger partial charge in [0.2, 0.25) is 0 Å². The maximum absolute atomic E-state index is 13.8. The summed E-state index contributed by atoms with van der Waals surface area (Å²) in [5.74, 6) is -0.652. The van der Waals surface area contributed by atoms with Gasteiger partial charge in [-0.15, -0.1) is 0 Å². The molecule has 0 bridgehead atoms. The Hall–Kier alpha value is -4.43. The van der Waals surface area contributed by atoms with Crippen LogP contribution in [0, 0.1) is 0 Å². The number of ether oxygens (including phenoxy) is 2. The standard InChI is InChI=1S/C29H27N3O5/c1-3-37-29(35)22-18-31-28(34)24(30-27(33)20-14-8-5-9-15-20)25(19-12-6-4-7-13-19)32(31)26(22)21-16-10-11-17-23(21)36-2/h4-18,24-26H,3H2,1-2H3,(H,30,33)/t24-,25-,26+/m1/s1. The summed E-state index contributed by atoms with van der Waals surface area (Å²) in [5, 5.41) is 6.20. The predicted molar refractivity (Wildman–Crippen MR) is 136 cm³/mol. The molecule has 1 fully saturated rings. The molecule has 8 heteroatoms. The van der Waals surface area contributed by atoms with Gasteiger partial charge in [-0.1, -0.05) is 66.7 Å². The fraction of sp³-hybridized carbons (Fsp3) is 0.207. The molecule has 2 aliphatic heterocycles. The number of benzene rings is 3. The van der Waals surface area contributed by atoms with Crippen LogP contribution in [0.3, 0.4) is 0 Å². The van der Waals surface area contributed by atoms with Crippen molar-refractivity contribution < 1.29 is 23.9 Å². The van der Waals surface area contributed by atoms with Crippen LogP contribution in [-0.4, -0.2) is 47.6 Å². The summed E-state index contributed by atoms with van der Waals surface area (Å²) in [6.45, 7) is 1.93. The van der Waals surface area contributed by atoms with E-state index >= 15 is 0 Å². The zero-order valence-electron chi connectivity index (χ0n) is 20.5. The van der Waals surface area contributed by atoms with E-state index in [9.17, 15) is 14.4 Å². The van der Waals surface area contributed by atoms with E-state index in [0.29, 0.717) is 22.4 Å².